The lowest BCUT2D eigenvalue weighted by atomic mass is 10.0. The van der Waals surface area contributed by atoms with E-state index in [2.05, 4.69) is 23.3 Å². The van der Waals surface area contributed by atoms with E-state index in [4.69, 9.17) is 10.2 Å². The number of nitrogens with two attached hydrogens (primary N) is 1. The minimum atomic E-state index is 0.480. The second-order valence-electron chi connectivity index (χ2n) is 4.77. The molecule has 0 bridgehead atoms. The SMILES string of the molecule is CC1c2ccsc2CCN1Cc1ccoc1CN. The summed E-state index contributed by atoms with van der Waals surface area (Å²) in [5.74, 6) is 0.915. The Morgan fingerprint density at radius 3 is 3.22 bits per heavy atom. The zero-order chi connectivity index (χ0) is 12.5. The second-order valence-corrected chi connectivity index (χ2v) is 5.77. The summed E-state index contributed by atoms with van der Waals surface area (Å²) in [6.07, 6.45) is 2.90. The molecule has 0 spiro atoms. The van der Waals surface area contributed by atoms with E-state index < -0.39 is 0 Å². The Bertz CT molecular complexity index is 531. The summed E-state index contributed by atoms with van der Waals surface area (Å²) in [6.45, 7) is 4.81. The van der Waals surface area contributed by atoms with Crippen LogP contribution in [-0.4, -0.2) is 11.4 Å². The van der Waals surface area contributed by atoms with Crippen LogP contribution in [0.2, 0.25) is 0 Å². The van der Waals surface area contributed by atoms with E-state index in [9.17, 15) is 0 Å². The zero-order valence-corrected chi connectivity index (χ0v) is 11.4. The molecule has 2 N–H and O–H groups in total. The van der Waals surface area contributed by atoms with Gasteiger partial charge in [-0.25, -0.2) is 0 Å². The molecule has 1 aliphatic rings. The summed E-state index contributed by atoms with van der Waals surface area (Å²) in [4.78, 5) is 4.05. The van der Waals surface area contributed by atoms with Gasteiger partial charge in [-0.3, -0.25) is 4.90 Å². The summed E-state index contributed by atoms with van der Waals surface area (Å²) < 4.78 is 5.40. The van der Waals surface area contributed by atoms with Gasteiger partial charge in [0.1, 0.15) is 5.76 Å². The number of nitrogens with zero attached hydrogens (tertiary/aromatic N) is 1. The van der Waals surface area contributed by atoms with Gasteiger partial charge in [-0.1, -0.05) is 0 Å². The molecule has 0 aliphatic carbocycles. The van der Waals surface area contributed by atoms with Crippen molar-refractivity contribution in [1.29, 1.82) is 0 Å². The van der Waals surface area contributed by atoms with Crippen LogP contribution in [0.3, 0.4) is 0 Å². The molecular formula is C14H18N2OS. The van der Waals surface area contributed by atoms with Gasteiger partial charge in [0, 0.05) is 29.6 Å². The molecule has 96 valence electrons. The van der Waals surface area contributed by atoms with Crippen molar-refractivity contribution in [2.24, 2.45) is 5.73 Å². The fourth-order valence-electron chi connectivity index (χ4n) is 2.68. The van der Waals surface area contributed by atoms with E-state index in [1.54, 1.807) is 11.1 Å². The highest BCUT2D eigenvalue weighted by atomic mass is 32.1. The van der Waals surface area contributed by atoms with Crippen molar-refractivity contribution in [3.05, 3.63) is 45.5 Å². The number of fused-ring (bicyclic) bond motifs is 1. The molecule has 1 atom stereocenters. The molecule has 0 amide bonds. The van der Waals surface area contributed by atoms with Crippen LogP contribution in [0.5, 0.6) is 0 Å². The van der Waals surface area contributed by atoms with Crippen LogP contribution in [0.4, 0.5) is 0 Å². The summed E-state index contributed by atoms with van der Waals surface area (Å²) in [5, 5.41) is 2.20. The van der Waals surface area contributed by atoms with E-state index in [1.807, 2.05) is 17.4 Å². The largest absolute Gasteiger partial charge is 0.468 e. The van der Waals surface area contributed by atoms with Crippen molar-refractivity contribution in [2.75, 3.05) is 6.54 Å². The van der Waals surface area contributed by atoms with Gasteiger partial charge in [0.15, 0.2) is 0 Å². The van der Waals surface area contributed by atoms with Crippen LogP contribution in [0.15, 0.2) is 28.2 Å². The minimum Gasteiger partial charge on any atom is -0.468 e. The number of rotatable bonds is 3. The molecule has 0 aromatic carbocycles. The van der Waals surface area contributed by atoms with Gasteiger partial charge in [0.2, 0.25) is 0 Å². The third-order valence-electron chi connectivity index (χ3n) is 3.80. The molecular weight excluding hydrogens is 244 g/mol. The molecule has 0 saturated heterocycles. The predicted octanol–water partition coefficient (Wildman–Crippen LogP) is 2.92. The maximum atomic E-state index is 5.68. The lowest BCUT2D eigenvalue weighted by Crippen LogP contribution is -2.32. The van der Waals surface area contributed by atoms with Crippen molar-refractivity contribution in [1.82, 2.24) is 4.90 Å². The quantitative estimate of drug-likeness (QED) is 0.924. The smallest absolute Gasteiger partial charge is 0.121 e. The van der Waals surface area contributed by atoms with Gasteiger partial charge in [-0.05, 0) is 36.4 Å². The predicted molar refractivity (Wildman–Crippen MR) is 73.4 cm³/mol. The maximum absolute atomic E-state index is 5.68. The Balaban J connectivity index is 1.79. The van der Waals surface area contributed by atoms with Crippen molar-refractivity contribution in [3.8, 4) is 0 Å². The Kier molecular flexibility index (Phi) is 3.24. The molecule has 0 radical (unpaired) electrons. The first kappa shape index (κ1) is 12.0. The molecule has 2 aromatic rings. The molecule has 1 aliphatic heterocycles. The monoisotopic (exact) mass is 262 g/mol. The molecule has 1 unspecified atom stereocenters. The molecule has 4 heteroatoms. The topological polar surface area (TPSA) is 42.4 Å². The summed E-state index contributed by atoms with van der Waals surface area (Å²) in [5.41, 5.74) is 8.40. The minimum absolute atomic E-state index is 0.480. The molecule has 2 aromatic heterocycles. The first-order valence-corrected chi connectivity index (χ1v) is 7.23. The number of furan rings is 1. The van der Waals surface area contributed by atoms with Gasteiger partial charge in [0.25, 0.3) is 0 Å². The first-order valence-electron chi connectivity index (χ1n) is 6.35. The Labute approximate surface area is 111 Å². The van der Waals surface area contributed by atoms with E-state index in [0.29, 0.717) is 12.6 Å². The van der Waals surface area contributed by atoms with Gasteiger partial charge in [0.05, 0.1) is 12.8 Å². The van der Waals surface area contributed by atoms with E-state index in [-0.39, 0.29) is 0 Å². The van der Waals surface area contributed by atoms with Gasteiger partial charge >= 0.3 is 0 Å². The van der Waals surface area contributed by atoms with Crippen LogP contribution in [-0.2, 0) is 19.5 Å². The lowest BCUT2D eigenvalue weighted by Gasteiger charge is -2.33. The standard InChI is InChI=1S/C14H18N2OS/c1-10-12-4-7-18-14(12)2-5-16(10)9-11-3-6-17-13(11)8-15/h3-4,6-7,10H,2,5,8-9,15H2,1H3. The van der Waals surface area contributed by atoms with Crippen molar-refractivity contribution in [2.45, 2.75) is 32.5 Å². The fourth-order valence-corrected chi connectivity index (χ4v) is 3.65. The van der Waals surface area contributed by atoms with E-state index >= 15 is 0 Å². The highest BCUT2D eigenvalue weighted by Gasteiger charge is 2.25. The average molecular weight is 262 g/mol. The number of hydrogen-bond donors (Lipinski definition) is 1. The van der Waals surface area contributed by atoms with Gasteiger partial charge < -0.3 is 10.2 Å². The zero-order valence-electron chi connectivity index (χ0n) is 10.6. The van der Waals surface area contributed by atoms with Crippen molar-refractivity contribution < 1.29 is 4.42 Å². The van der Waals surface area contributed by atoms with Gasteiger partial charge in [-0.15, -0.1) is 11.3 Å². The Morgan fingerprint density at radius 2 is 2.39 bits per heavy atom. The van der Waals surface area contributed by atoms with Crippen molar-refractivity contribution >= 4 is 11.3 Å². The summed E-state index contributed by atoms with van der Waals surface area (Å²) in [6, 6.07) is 4.79. The van der Waals surface area contributed by atoms with Crippen LogP contribution >= 0.6 is 11.3 Å². The van der Waals surface area contributed by atoms with Gasteiger partial charge in [-0.2, -0.15) is 0 Å². The molecule has 3 heterocycles. The normalized spacial score (nSPS) is 20.0. The number of thiophene rings is 1. The fraction of sp³-hybridized carbons (Fsp3) is 0.429. The average Bonchev–Trinajstić information content (AvgIpc) is 3.01. The highest BCUT2D eigenvalue weighted by molar-refractivity contribution is 7.10. The Morgan fingerprint density at radius 1 is 1.50 bits per heavy atom. The molecule has 0 saturated carbocycles. The molecule has 18 heavy (non-hydrogen) atoms. The van der Waals surface area contributed by atoms with Crippen molar-refractivity contribution in [3.63, 3.8) is 0 Å². The maximum Gasteiger partial charge on any atom is 0.121 e. The third-order valence-corrected chi connectivity index (χ3v) is 4.80. The summed E-state index contributed by atoms with van der Waals surface area (Å²) in [7, 11) is 0. The molecule has 3 nitrogen and oxygen atoms in total. The second kappa shape index (κ2) is 4.88. The van der Waals surface area contributed by atoms with Crippen LogP contribution in [0.1, 0.15) is 34.7 Å². The Hall–Kier alpha value is -1.10. The van der Waals surface area contributed by atoms with Crippen LogP contribution in [0.25, 0.3) is 0 Å². The van der Waals surface area contributed by atoms with Crippen LogP contribution < -0.4 is 5.73 Å². The van der Waals surface area contributed by atoms with E-state index in [0.717, 1.165) is 25.3 Å². The number of hydrogen-bond acceptors (Lipinski definition) is 4. The molecule has 0 fully saturated rings. The summed E-state index contributed by atoms with van der Waals surface area (Å²) >= 11 is 1.88. The first-order chi connectivity index (χ1) is 8.79. The van der Waals surface area contributed by atoms with E-state index in [1.165, 1.54) is 11.1 Å². The van der Waals surface area contributed by atoms with Crippen LogP contribution in [0, 0.1) is 0 Å². The molecule has 3 rings (SSSR count). The highest BCUT2D eigenvalue weighted by Crippen LogP contribution is 2.33. The third kappa shape index (κ3) is 2.00. The lowest BCUT2D eigenvalue weighted by molar-refractivity contribution is 0.190.